The van der Waals surface area contributed by atoms with Gasteiger partial charge in [-0.25, -0.2) is 4.79 Å². The summed E-state index contributed by atoms with van der Waals surface area (Å²) >= 11 is 0. The number of aliphatic carboxylic acids is 1. The Labute approximate surface area is 90.6 Å². The SMILES string of the molecule is CC(OC1CC(C)(C)OC1(C)C)C(=O)O. The van der Waals surface area contributed by atoms with E-state index in [0.29, 0.717) is 0 Å². The summed E-state index contributed by atoms with van der Waals surface area (Å²) < 4.78 is 11.3. The van der Waals surface area contributed by atoms with Crippen LogP contribution in [0.15, 0.2) is 0 Å². The van der Waals surface area contributed by atoms with Gasteiger partial charge >= 0.3 is 5.97 Å². The first kappa shape index (κ1) is 12.5. The molecule has 1 N–H and O–H groups in total. The minimum Gasteiger partial charge on any atom is -0.479 e. The van der Waals surface area contributed by atoms with Crippen molar-refractivity contribution in [3.05, 3.63) is 0 Å². The summed E-state index contributed by atoms with van der Waals surface area (Å²) in [5.41, 5.74) is -0.667. The third kappa shape index (κ3) is 2.92. The molecule has 0 bridgehead atoms. The van der Waals surface area contributed by atoms with Gasteiger partial charge in [0.25, 0.3) is 0 Å². The maximum atomic E-state index is 10.7. The number of hydrogen-bond acceptors (Lipinski definition) is 3. The Morgan fingerprint density at radius 1 is 1.47 bits per heavy atom. The number of carboxylic acids is 1. The molecule has 0 aromatic carbocycles. The van der Waals surface area contributed by atoms with Crippen LogP contribution in [0.25, 0.3) is 0 Å². The van der Waals surface area contributed by atoms with Gasteiger partial charge in [0.2, 0.25) is 0 Å². The zero-order chi connectivity index (χ0) is 11.9. The van der Waals surface area contributed by atoms with E-state index in [1.165, 1.54) is 0 Å². The van der Waals surface area contributed by atoms with E-state index in [2.05, 4.69) is 0 Å². The molecule has 4 nitrogen and oxygen atoms in total. The fourth-order valence-electron chi connectivity index (χ4n) is 2.03. The topological polar surface area (TPSA) is 55.8 Å². The fourth-order valence-corrected chi connectivity index (χ4v) is 2.03. The summed E-state index contributed by atoms with van der Waals surface area (Å²) in [4.78, 5) is 10.7. The normalized spacial score (nSPS) is 30.1. The second kappa shape index (κ2) is 3.76. The molecule has 0 amide bonds. The fraction of sp³-hybridized carbons (Fsp3) is 0.909. The van der Waals surface area contributed by atoms with Gasteiger partial charge in [0.1, 0.15) is 0 Å². The molecule has 15 heavy (non-hydrogen) atoms. The maximum Gasteiger partial charge on any atom is 0.332 e. The second-order valence-corrected chi connectivity index (χ2v) is 5.27. The van der Waals surface area contributed by atoms with Crippen molar-refractivity contribution in [1.82, 2.24) is 0 Å². The van der Waals surface area contributed by atoms with Gasteiger partial charge in [-0.3, -0.25) is 0 Å². The third-order valence-electron chi connectivity index (χ3n) is 2.71. The molecule has 1 rings (SSSR count). The van der Waals surface area contributed by atoms with Crippen LogP contribution < -0.4 is 0 Å². The largest absolute Gasteiger partial charge is 0.479 e. The predicted octanol–water partition coefficient (Wildman–Crippen LogP) is 1.82. The molecule has 0 aromatic heterocycles. The van der Waals surface area contributed by atoms with Crippen molar-refractivity contribution in [1.29, 1.82) is 0 Å². The molecule has 0 aliphatic carbocycles. The monoisotopic (exact) mass is 216 g/mol. The molecular formula is C11H20O4. The Morgan fingerprint density at radius 3 is 2.33 bits per heavy atom. The molecule has 1 aliphatic rings. The number of hydrogen-bond donors (Lipinski definition) is 1. The lowest BCUT2D eigenvalue weighted by Crippen LogP contribution is -2.38. The summed E-state index contributed by atoms with van der Waals surface area (Å²) in [6.45, 7) is 9.39. The van der Waals surface area contributed by atoms with Crippen molar-refractivity contribution in [3.63, 3.8) is 0 Å². The van der Waals surface area contributed by atoms with Gasteiger partial charge in [0.05, 0.1) is 17.3 Å². The zero-order valence-corrected chi connectivity index (χ0v) is 10.0. The average molecular weight is 216 g/mol. The second-order valence-electron chi connectivity index (χ2n) is 5.27. The van der Waals surface area contributed by atoms with Crippen LogP contribution in [-0.4, -0.2) is 34.5 Å². The lowest BCUT2D eigenvalue weighted by Gasteiger charge is -2.28. The number of rotatable bonds is 3. The van der Waals surface area contributed by atoms with Crippen LogP contribution in [0, 0.1) is 0 Å². The highest BCUT2D eigenvalue weighted by Crippen LogP contribution is 2.39. The molecule has 0 radical (unpaired) electrons. The van der Waals surface area contributed by atoms with E-state index in [1.54, 1.807) is 6.92 Å². The van der Waals surface area contributed by atoms with Gasteiger partial charge in [-0.1, -0.05) is 0 Å². The highest BCUT2D eigenvalue weighted by atomic mass is 16.6. The summed E-state index contributed by atoms with van der Waals surface area (Å²) in [5, 5.41) is 8.78. The lowest BCUT2D eigenvalue weighted by atomic mass is 9.97. The first-order valence-corrected chi connectivity index (χ1v) is 5.22. The van der Waals surface area contributed by atoms with Crippen LogP contribution in [0.2, 0.25) is 0 Å². The number of carbonyl (C=O) groups is 1. The summed E-state index contributed by atoms with van der Waals surface area (Å²) in [6, 6.07) is 0. The molecule has 0 aromatic rings. The van der Waals surface area contributed by atoms with Crippen molar-refractivity contribution in [2.45, 2.75) is 64.4 Å². The summed E-state index contributed by atoms with van der Waals surface area (Å²) in [7, 11) is 0. The van der Waals surface area contributed by atoms with Crippen LogP contribution in [0.5, 0.6) is 0 Å². The van der Waals surface area contributed by atoms with Crippen LogP contribution >= 0.6 is 0 Å². The van der Waals surface area contributed by atoms with Crippen LogP contribution in [0.3, 0.4) is 0 Å². The van der Waals surface area contributed by atoms with Gasteiger partial charge in [-0.2, -0.15) is 0 Å². The number of ether oxygens (including phenoxy) is 2. The van der Waals surface area contributed by atoms with Crippen LogP contribution in [-0.2, 0) is 14.3 Å². The molecule has 1 saturated heterocycles. The van der Waals surface area contributed by atoms with Crippen molar-refractivity contribution >= 4 is 5.97 Å². The smallest absolute Gasteiger partial charge is 0.332 e. The van der Waals surface area contributed by atoms with Crippen LogP contribution in [0.4, 0.5) is 0 Å². The molecular weight excluding hydrogens is 196 g/mol. The van der Waals surface area contributed by atoms with Crippen molar-refractivity contribution in [2.24, 2.45) is 0 Å². The highest BCUT2D eigenvalue weighted by molar-refractivity contribution is 5.71. The minimum atomic E-state index is -0.935. The van der Waals surface area contributed by atoms with E-state index in [1.807, 2.05) is 27.7 Å². The Balaban J connectivity index is 2.67. The molecule has 0 spiro atoms. The zero-order valence-electron chi connectivity index (χ0n) is 10.0. The van der Waals surface area contributed by atoms with Crippen molar-refractivity contribution in [3.8, 4) is 0 Å². The summed E-state index contributed by atoms with van der Waals surface area (Å²) in [5.74, 6) is -0.935. The Bertz CT molecular complexity index is 257. The van der Waals surface area contributed by atoms with Gasteiger partial charge in [-0.15, -0.1) is 0 Å². The highest BCUT2D eigenvalue weighted by Gasteiger charge is 2.47. The summed E-state index contributed by atoms with van der Waals surface area (Å²) in [6.07, 6.45) is -0.233. The van der Waals surface area contributed by atoms with Crippen LogP contribution in [0.1, 0.15) is 41.0 Å². The Hall–Kier alpha value is -0.610. The molecule has 88 valence electrons. The molecule has 1 aliphatic heterocycles. The standard InChI is InChI=1S/C11H20O4/c1-7(9(12)13)14-8-6-10(2,3)15-11(8,4)5/h7-8H,6H2,1-5H3,(H,12,13). The van der Waals surface area contributed by atoms with Gasteiger partial charge in [0, 0.05) is 6.42 Å². The molecule has 4 heteroatoms. The van der Waals surface area contributed by atoms with E-state index in [9.17, 15) is 4.79 Å². The quantitative estimate of drug-likeness (QED) is 0.781. The van der Waals surface area contributed by atoms with E-state index >= 15 is 0 Å². The van der Waals surface area contributed by atoms with E-state index in [-0.39, 0.29) is 11.7 Å². The Kier molecular flexibility index (Phi) is 3.12. The third-order valence-corrected chi connectivity index (χ3v) is 2.71. The van der Waals surface area contributed by atoms with E-state index < -0.39 is 17.7 Å². The van der Waals surface area contributed by atoms with Crippen molar-refractivity contribution in [2.75, 3.05) is 0 Å². The molecule has 1 fully saturated rings. The lowest BCUT2D eigenvalue weighted by molar-refractivity contribution is -0.160. The average Bonchev–Trinajstić information content (AvgIpc) is 2.18. The van der Waals surface area contributed by atoms with Gasteiger partial charge in [-0.05, 0) is 34.6 Å². The first-order chi connectivity index (χ1) is 6.64. The molecule has 2 unspecified atom stereocenters. The van der Waals surface area contributed by atoms with Gasteiger partial charge < -0.3 is 14.6 Å². The van der Waals surface area contributed by atoms with Crippen molar-refractivity contribution < 1.29 is 19.4 Å². The molecule has 2 atom stereocenters. The Morgan fingerprint density at radius 2 is 2.00 bits per heavy atom. The maximum absolute atomic E-state index is 10.7. The minimum absolute atomic E-state index is 0.168. The predicted molar refractivity (Wildman–Crippen MR) is 55.8 cm³/mol. The molecule has 0 saturated carbocycles. The first-order valence-electron chi connectivity index (χ1n) is 5.22. The van der Waals surface area contributed by atoms with E-state index in [4.69, 9.17) is 14.6 Å². The van der Waals surface area contributed by atoms with E-state index in [0.717, 1.165) is 6.42 Å². The molecule has 1 heterocycles. The number of carboxylic acid groups (broad SMARTS) is 1. The van der Waals surface area contributed by atoms with Gasteiger partial charge in [0.15, 0.2) is 6.10 Å².